The molecule has 1 aliphatic rings. The first kappa shape index (κ1) is 20.3. The molecule has 0 aliphatic carbocycles. The highest BCUT2D eigenvalue weighted by Gasteiger charge is 2.28. The third-order valence-electron chi connectivity index (χ3n) is 5.29. The summed E-state index contributed by atoms with van der Waals surface area (Å²) in [5, 5.41) is 14.0. The molecule has 158 valence electrons. The Kier molecular flexibility index (Phi) is 6.22. The number of likely N-dealkylation sites (tertiary alicyclic amines) is 1. The summed E-state index contributed by atoms with van der Waals surface area (Å²) in [6.07, 6.45) is 4.91. The second kappa shape index (κ2) is 9.21. The fourth-order valence-electron chi connectivity index (χ4n) is 3.64. The molecule has 1 aliphatic heterocycles. The molecular weight excluding hydrogens is 404 g/mol. The molecule has 0 aromatic carbocycles. The maximum Gasteiger partial charge on any atom is 0.272 e. The average molecular weight is 429 g/mol. The molecule has 0 radical (unpaired) electrons. The zero-order chi connectivity index (χ0) is 20.9. The number of nitrogens with zero attached hydrogens (tertiary/aromatic N) is 4. The van der Waals surface area contributed by atoms with E-state index in [0.29, 0.717) is 36.0 Å². The Balaban J connectivity index is 1.31. The number of carbonyl (C=O) groups is 2. The lowest BCUT2D eigenvalue weighted by Gasteiger charge is -2.31. The quantitative estimate of drug-likeness (QED) is 0.598. The van der Waals surface area contributed by atoms with Crippen molar-refractivity contribution in [1.82, 2.24) is 30.0 Å². The van der Waals surface area contributed by atoms with Crippen LogP contribution >= 0.6 is 11.5 Å². The van der Waals surface area contributed by atoms with Crippen molar-refractivity contribution in [1.29, 1.82) is 0 Å². The van der Waals surface area contributed by atoms with Crippen molar-refractivity contribution in [3.8, 4) is 0 Å². The van der Waals surface area contributed by atoms with Crippen molar-refractivity contribution >= 4 is 23.3 Å². The van der Waals surface area contributed by atoms with E-state index in [1.807, 2.05) is 4.90 Å². The number of carbonyl (C=O) groups excluding carboxylic acids is 2. The Bertz CT molecular complexity index is 988. The number of furan rings is 1. The van der Waals surface area contributed by atoms with Gasteiger partial charge in [0.05, 0.1) is 18.5 Å². The number of aryl methyl sites for hydroxylation is 1. The van der Waals surface area contributed by atoms with Gasteiger partial charge in [-0.2, -0.15) is 5.10 Å². The first-order valence-electron chi connectivity index (χ1n) is 10.1. The zero-order valence-electron chi connectivity index (χ0n) is 16.8. The van der Waals surface area contributed by atoms with Gasteiger partial charge in [0.1, 0.15) is 16.3 Å². The number of nitrogens with one attached hydrogen (secondary N) is 2. The summed E-state index contributed by atoms with van der Waals surface area (Å²) in [6, 6.07) is 5.38. The maximum absolute atomic E-state index is 12.8. The second-order valence-corrected chi connectivity index (χ2v) is 8.09. The van der Waals surface area contributed by atoms with Gasteiger partial charge in [-0.3, -0.25) is 14.7 Å². The summed E-state index contributed by atoms with van der Waals surface area (Å²) in [5.74, 6) is 0.703. The van der Waals surface area contributed by atoms with E-state index in [9.17, 15) is 9.59 Å². The summed E-state index contributed by atoms with van der Waals surface area (Å²) in [5.41, 5.74) is 2.08. The van der Waals surface area contributed by atoms with Crippen LogP contribution in [0.1, 0.15) is 69.4 Å². The Morgan fingerprint density at radius 1 is 1.37 bits per heavy atom. The molecule has 3 aromatic heterocycles. The third kappa shape index (κ3) is 4.43. The van der Waals surface area contributed by atoms with Crippen LogP contribution in [0.15, 0.2) is 28.9 Å². The predicted octanol–water partition coefficient (Wildman–Crippen LogP) is 2.76. The highest BCUT2D eigenvalue weighted by Crippen LogP contribution is 2.28. The fourth-order valence-corrected chi connectivity index (χ4v) is 4.32. The van der Waals surface area contributed by atoms with Crippen LogP contribution < -0.4 is 5.32 Å². The Morgan fingerprint density at radius 3 is 2.93 bits per heavy atom. The van der Waals surface area contributed by atoms with E-state index in [2.05, 4.69) is 32.0 Å². The minimum absolute atomic E-state index is 0.0227. The van der Waals surface area contributed by atoms with Crippen molar-refractivity contribution in [3.05, 3.63) is 52.2 Å². The van der Waals surface area contributed by atoms with Crippen molar-refractivity contribution in [2.75, 3.05) is 13.1 Å². The molecule has 30 heavy (non-hydrogen) atoms. The van der Waals surface area contributed by atoms with Crippen LogP contribution in [0, 0.1) is 0 Å². The molecule has 0 unspecified atom stereocenters. The van der Waals surface area contributed by atoms with Gasteiger partial charge in [-0.1, -0.05) is 17.8 Å². The monoisotopic (exact) mass is 428 g/mol. The minimum Gasteiger partial charge on any atom is -0.467 e. The average Bonchev–Trinajstić information content (AvgIpc) is 3.54. The molecule has 0 saturated carbocycles. The normalized spacial score (nSPS) is 14.8. The fraction of sp³-hybridized carbons (Fsp3) is 0.450. The molecule has 2 N–H and O–H groups in total. The number of amides is 2. The summed E-state index contributed by atoms with van der Waals surface area (Å²) in [4.78, 5) is 27.7. The Labute approximate surface area is 178 Å². The molecular formula is C20H24N6O3S. The molecule has 2 amide bonds. The summed E-state index contributed by atoms with van der Waals surface area (Å²) in [7, 11) is 0. The lowest BCUT2D eigenvalue weighted by Crippen LogP contribution is -2.38. The first-order chi connectivity index (χ1) is 14.7. The smallest absolute Gasteiger partial charge is 0.272 e. The first-order valence-corrected chi connectivity index (χ1v) is 10.9. The van der Waals surface area contributed by atoms with E-state index in [0.717, 1.165) is 37.1 Å². The number of hydrogen-bond donors (Lipinski definition) is 2. The van der Waals surface area contributed by atoms with E-state index in [-0.39, 0.29) is 17.7 Å². The zero-order valence-corrected chi connectivity index (χ0v) is 17.6. The van der Waals surface area contributed by atoms with Crippen LogP contribution in [0.25, 0.3) is 0 Å². The highest BCUT2D eigenvalue weighted by molar-refractivity contribution is 7.08. The van der Waals surface area contributed by atoms with Crippen LogP contribution in [0.4, 0.5) is 0 Å². The number of rotatable bonds is 7. The van der Waals surface area contributed by atoms with Gasteiger partial charge in [0, 0.05) is 24.7 Å². The summed E-state index contributed by atoms with van der Waals surface area (Å²) in [6.45, 7) is 3.70. The predicted molar refractivity (Wildman–Crippen MR) is 110 cm³/mol. The maximum atomic E-state index is 12.8. The van der Waals surface area contributed by atoms with Gasteiger partial charge in [-0.15, -0.1) is 5.10 Å². The van der Waals surface area contributed by atoms with Gasteiger partial charge in [-0.25, -0.2) is 0 Å². The van der Waals surface area contributed by atoms with Gasteiger partial charge < -0.3 is 14.6 Å². The molecule has 1 fully saturated rings. The molecule has 4 rings (SSSR count). The number of aromatic amines is 1. The molecule has 10 heteroatoms. The van der Waals surface area contributed by atoms with E-state index < -0.39 is 0 Å². The number of piperidine rings is 1. The number of H-pyrrole nitrogens is 1. The lowest BCUT2D eigenvalue weighted by atomic mass is 9.93. The minimum atomic E-state index is -0.248. The number of aromatic nitrogens is 4. The SMILES string of the molecule is CCCc1nnsc1C(=O)N1CCC(c2cc(C(=O)NCc3ccco3)n[nH]2)CC1. The van der Waals surface area contributed by atoms with Crippen LogP contribution in [0.2, 0.25) is 0 Å². The topological polar surface area (TPSA) is 117 Å². The molecule has 0 bridgehead atoms. The van der Waals surface area contributed by atoms with Gasteiger partial charge in [0.2, 0.25) is 0 Å². The highest BCUT2D eigenvalue weighted by atomic mass is 32.1. The standard InChI is InChI=1S/C20H24N6O3S/c1-2-4-15-18(30-25-24-15)20(28)26-8-6-13(7-9-26)16-11-17(23-22-16)19(27)21-12-14-5-3-10-29-14/h3,5,10-11,13H,2,4,6-9,12H2,1H3,(H,21,27)(H,22,23). The van der Waals surface area contributed by atoms with Gasteiger partial charge in [-0.05, 0) is 49.0 Å². The van der Waals surface area contributed by atoms with Crippen LogP contribution in [-0.4, -0.2) is 49.6 Å². The van der Waals surface area contributed by atoms with E-state index in [1.54, 1.807) is 24.5 Å². The summed E-state index contributed by atoms with van der Waals surface area (Å²) >= 11 is 1.18. The summed E-state index contributed by atoms with van der Waals surface area (Å²) < 4.78 is 9.17. The third-order valence-corrected chi connectivity index (χ3v) is 6.05. The van der Waals surface area contributed by atoms with Crippen molar-refractivity contribution in [2.45, 2.75) is 45.1 Å². The van der Waals surface area contributed by atoms with E-state index in [4.69, 9.17) is 4.42 Å². The molecule has 3 aromatic rings. The van der Waals surface area contributed by atoms with Crippen LogP contribution in [0.3, 0.4) is 0 Å². The van der Waals surface area contributed by atoms with Crippen molar-refractivity contribution < 1.29 is 14.0 Å². The molecule has 4 heterocycles. The second-order valence-electron chi connectivity index (χ2n) is 7.34. The van der Waals surface area contributed by atoms with Crippen LogP contribution in [0.5, 0.6) is 0 Å². The van der Waals surface area contributed by atoms with E-state index in [1.165, 1.54) is 11.5 Å². The number of hydrogen-bond acceptors (Lipinski definition) is 7. The van der Waals surface area contributed by atoms with Gasteiger partial charge in [0.15, 0.2) is 0 Å². The Morgan fingerprint density at radius 2 is 2.20 bits per heavy atom. The molecule has 9 nitrogen and oxygen atoms in total. The van der Waals surface area contributed by atoms with Gasteiger partial charge in [0.25, 0.3) is 11.8 Å². The molecule has 0 spiro atoms. The largest absolute Gasteiger partial charge is 0.467 e. The molecule has 1 saturated heterocycles. The van der Waals surface area contributed by atoms with Crippen molar-refractivity contribution in [2.24, 2.45) is 0 Å². The van der Waals surface area contributed by atoms with E-state index >= 15 is 0 Å². The molecule has 0 atom stereocenters. The van der Waals surface area contributed by atoms with Crippen LogP contribution in [-0.2, 0) is 13.0 Å². The Hall–Kier alpha value is -3.01. The van der Waals surface area contributed by atoms with Gasteiger partial charge >= 0.3 is 0 Å². The lowest BCUT2D eigenvalue weighted by molar-refractivity contribution is 0.0715. The van der Waals surface area contributed by atoms with Crippen molar-refractivity contribution in [3.63, 3.8) is 0 Å².